The summed E-state index contributed by atoms with van der Waals surface area (Å²) in [5.74, 6) is -0.208. The van der Waals surface area contributed by atoms with Gasteiger partial charge in [-0.2, -0.15) is 0 Å². The fourth-order valence-electron chi connectivity index (χ4n) is 1.34. The fourth-order valence-corrected chi connectivity index (χ4v) is 1.34. The molecule has 3 N–H and O–H groups in total. The summed E-state index contributed by atoms with van der Waals surface area (Å²) in [5, 5.41) is 2.26. The van der Waals surface area contributed by atoms with E-state index in [1.54, 1.807) is 11.1 Å². The average molecular weight is 212 g/mol. The van der Waals surface area contributed by atoms with E-state index in [0.717, 1.165) is 5.70 Å². The third-order valence-corrected chi connectivity index (χ3v) is 2.01. The second kappa shape index (κ2) is 5.35. The molecule has 0 radical (unpaired) electrons. The molecule has 0 aromatic heterocycles. The highest BCUT2D eigenvalue weighted by atomic mass is 16.2. The first-order chi connectivity index (χ1) is 7.27. The summed E-state index contributed by atoms with van der Waals surface area (Å²) in [6.45, 7) is 5.06. The van der Waals surface area contributed by atoms with Crippen molar-refractivity contribution in [2.75, 3.05) is 13.1 Å². The summed E-state index contributed by atoms with van der Waals surface area (Å²) >= 11 is 0. The molecule has 3 amide bonds. The van der Waals surface area contributed by atoms with Gasteiger partial charge in [-0.15, -0.1) is 0 Å². The molecule has 1 saturated heterocycles. The van der Waals surface area contributed by atoms with Gasteiger partial charge in [-0.05, 0) is 0 Å². The maximum atomic E-state index is 11.3. The summed E-state index contributed by atoms with van der Waals surface area (Å²) in [6, 6.07) is -0.340. The Morgan fingerprint density at radius 2 is 2.07 bits per heavy atom. The predicted octanol–water partition coefficient (Wildman–Crippen LogP) is -0.0963. The maximum Gasteiger partial charge on any atom is 0.328 e. The van der Waals surface area contributed by atoms with Gasteiger partial charge in [-0.1, -0.05) is 13.8 Å². The summed E-state index contributed by atoms with van der Waals surface area (Å²) in [6.07, 6.45) is 2.08. The van der Waals surface area contributed by atoms with E-state index in [1.807, 2.05) is 13.8 Å². The molecule has 6 nitrogen and oxygen atoms in total. The SMILES string of the molecule is CC.O=C1CCN(C2=CNNC2)C(=O)N1. The minimum absolute atomic E-state index is 0.208. The van der Waals surface area contributed by atoms with E-state index in [1.165, 1.54) is 0 Å². The van der Waals surface area contributed by atoms with Gasteiger partial charge in [-0.25, -0.2) is 10.2 Å². The summed E-state index contributed by atoms with van der Waals surface area (Å²) < 4.78 is 0. The number of hydrogen-bond acceptors (Lipinski definition) is 4. The topological polar surface area (TPSA) is 73.5 Å². The van der Waals surface area contributed by atoms with E-state index >= 15 is 0 Å². The number of amides is 3. The molecule has 0 bridgehead atoms. The van der Waals surface area contributed by atoms with Crippen LogP contribution < -0.4 is 16.2 Å². The van der Waals surface area contributed by atoms with Crippen LogP contribution in [0.15, 0.2) is 11.9 Å². The lowest BCUT2D eigenvalue weighted by molar-refractivity contribution is -0.121. The molecule has 0 spiro atoms. The number of nitrogens with one attached hydrogen (secondary N) is 3. The molecular weight excluding hydrogens is 196 g/mol. The van der Waals surface area contributed by atoms with Gasteiger partial charge in [0.1, 0.15) is 0 Å². The van der Waals surface area contributed by atoms with Crippen LogP contribution in [0.2, 0.25) is 0 Å². The van der Waals surface area contributed by atoms with Gasteiger partial charge in [0.25, 0.3) is 0 Å². The van der Waals surface area contributed by atoms with Crippen LogP contribution in [0.5, 0.6) is 0 Å². The largest absolute Gasteiger partial charge is 0.328 e. The molecule has 0 atom stereocenters. The molecule has 0 aromatic rings. The van der Waals surface area contributed by atoms with Crippen LogP contribution in [0.1, 0.15) is 20.3 Å². The maximum absolute atomic E-state index is 11.3. The number of carbonyl (C=O) groups excluding carboxylic acids is 2. The van der Waals surface area contributed by atoms with Crippen molar-refractivity contribution in [3.8, 4) is 0 Å². The average Bonchev–Trinajstić information content (AvgIpc) is 2.74. The van der Waals surface area contributed by atoms with E-state index in [-0.39, 0.29) is 11.9 Å². The van der Waals surface area contributed by atoms with Gasteiger partial charge in [0.2, 0.25) is 5.91 Å². The van der Waals surface area contributed by atoms with Gasteiger partial charge in [0.05, 0.1) is 12.2 Å². The number of carbonyl (C=O) groups is 2. The van der Waals surface area contributed by atoms with Crippen molar-refractivity contribution < 1.29 is 9.59 Å². The highest BCUT2D eigenvalue weighted by Gasteiger charge is 2.26. The molecule has 1 fully saturated rings. The number of hydrogen-bond donors (Lipinski definition) is 3. The number of urea groups is 1. The van der Waals surface area contributed by atoms with Crippen LogP contribution in [0.3, 0.4) is 0 Å². The fraction of sp³-hybridized carbons (Fsp3) is 0.556. The summed E-state index contributed by atoms with van der Waals surface area (Å²) in [5.41, 5.74) is 6.49. The minimum Gasteiger partial charge on any atom is -0.327 e. The number of hydrazine groups is 1. The van der Waals surface area contributed by atoms with E-state index in [4.69, 9.17) is 0 Å². The van der Waals surface area contributed by atoms with Crippen molar-refractivity contribution in [2.45, 2.75) is 20.3 Å². The number of rotatable bonds is 1. The Balaban J connectivity index is 0.000000531. The normalized spacial score (nSPS) is 19.9. The van der Waals surface area contributed by atoms with Gasteiger partial charge >= 0.3 is 6.03 Å². The third-order valence-electron chi connectivity index (χ3n) is 2.01. The number of imide groups is 1. The lowest BCUT2D eigenvalue weighted by Crippen LogP contribution is -2.49. The minimum atomic E-state index is -0.340. The lowest BCUT2D eigenvalue weighted by atomic mass is 10.3. The summed E-state index contributed by atoms with van der Waals surface area (Å²) in [4.78, 5) is 23.7. The molecule has 0 saturated carbocycles. The Bertz CT molecular complexity index is 288. The zero-order valence-corrected chi connectivity index (χ0v) is 8.96. The Labute approximate surface area is 88.7 Å². The number of nitrogens with zero attached hydrogens (tertiary/aromatic N) is 1. The molecule has 2 aliphatic heterocycles. The molecule has 0 aliphatic carbocycles. The molecular formula is C9H16N4O2. The van der Waals surface area contributed by atoms with Crippen molar-refractivity contribution in [2.24, 2.45) is 0 Å². The highest BCUT2D eigenvalue weighted by molar-refractivity contribution is 5.97. The van der Waals surface area contributed by atoms with E-state index in [0.29, 0.717) is 19.5 Å². The molecule has 2 aliphatic rings. The standard InChI is InChI=1S/C7H10N4O2.C2H6/c12-6-1-2-11(7(13)10-6)5-3-8-9-4-5;1-2/h3,8-9H,1-2,4H2,(H,10,12,13);1-2H3. The van der Waals surface area contributed by atoms with E-state index in [2.05, 4.69) is 16.2 Å². The molecule has 15 heavy (non-hydrogen) atoms. The summed E-state index contributed by atoms with van der Waals surface area (Å²) in [7, 11) is 0. The second-order valence-electron chi connectivity index (χ2n) is 2.89. The smallest absolute Gasteiger partial charge is 0.327 e. The van der Waals surface area contributed by atoms with Gasteiger partial charge in [-0.3, -0.25) is 15.0 Å². The molecule has 0 unspecified atom stereocenters. The molecule has 2 rings (SSSR count). The van der Waals surface area contributed by atoms with Crippen molar-refractivity contribution in [3.05, 3.63) is 11.9 Å². The van der Waals surface area contributed by atoms with Crippen molar-refractivity contribution in [1.82, 2.24) is 21.1 Å². The highest BCUT2D eigenvalue weighted by Crippen LogP contribution is 2.09. The zero-order valence-electron chi connectivity index (χ0n) is 8.96. The van der Waals surface area contributed by atoms with Crippen LogP contribution in [0, 0.1) is 0 Å². The first-order valence-corrected chi connectivity index (χ1v) is 5.06. The Hall–Kier alpha value is -1.56. The monoisotopic (exact) mass is 212 g/mol. The first-order valence-electron chi connectivity index (χ1n) is 5.06. The van der Waals surface area contributed by atoms with Crippen LogP contribution in [0.25, 0.3) is 0 Å². The van der Waals surface area contributed by atoms with Crippen molar-refractivity contribution in [3.63, 3.8) is 0 Å². The zero-order chi connectivity index (χ0) is 11.3. The second-order valence-corrected chi connectivity index (χ2v) is 2.89. The Morgan fingerprint density at radius 3 is 2.60 bits per heavy atom. The molecule has 6 heteroatoms. The van der Waals surface area contributed by atoms with E-state index < -0.39 is 0 Å². The Kier molecular flexibility index (Phi) is 4.11. The van der Waals surface area contributed by atoms with Gasteiger partial charge in [0, 0.05) is 19.2 Å². The Morgan fingerprint density at radius 1 is 1.33 bits per heavy atom. The molecule has 0 aromatic carbocycles. The van der Waals surface area contributed by atoms with Gasteiger partial charge < -0.3 is 5.43 Å². The lowest BCUT2D eigenvalue weighted by Gasteiger charge is -2.26. The van der Waals surface area contributed by atoms with Crippen molar-refractivity contribution in [1.29, 1.82) is 0 Å². The van der Waals surface area contributed by atoms with E-state index in [9.17, 15) is 9.59 Å². The van der Waals surface area contributed by atoms with Crippen LogP contribution in [0.4, 0.5) is 4.79 Å². The van der Waals surface area contributed by atoms with Gasteiger partial charge in [0.15, 0.2) is 0 Å². The van der Waals surface area contributed by atoms with Crippen LogP contribution in [-0.2, 0) is 4.79 Å². The first kappa shape index (κ1) is 11.5. The molecule has 84 valence electrons. The van der Waals surface area contributed by atoms with Crippen LogP contribution >= 0.6 is 0 Å². The molecule has 2 heterocycles. The van der Waals surface area contributed by atoms with Crippen molar-refractivity contribution >= 4 is 11.9 Å². The predicted molar refractivity (Wildman–Crippen MR) is 55.4 cm³/mol. The third kappa shape index (κ3) is 2.69. The van der Waals surface area contributed by atoms with Crippen LogP contribution in [-0.4, -0.2) is 29.9 Å². The quantitative estimate of drug-likeness (QED) is 0.567.